The number of rotatable bonds is 3. The van der Waals surface area contributed by atoms with Gasteiger partial charge >= 0.3 is 0 Å². The molecule has 92 valence electrons. The molecule has 18 heavy (non-hydrogen) atoms. The van der Waals surface area contributed by atoms with Gasteiger partial charge < -0.3 is 0 Å². The molecule has 1 nitrogen and oxygen atoms in total. The van der Waals surface area contributed by atoms with Crippen molar-refractivity contribution in [2.45, 2.75) is 4.33 Å². The van der Waals surface area contributed by atoms with Gasteiger partial charge in [0.2, 0.25) is 10.1 Å². The quantitative estimate of drug-likeness (QED) is 0.605. The van der Waals surface area contributed by atoms with Crippen LogP contribution in [0.4, 0.5) is 4.39 Å². The molecule has 0 N–H and O–H groups in total. The lowest BCUT2D eigenvalue weighted by Crippen LogP contribution is -2.23. The molecule has 0 aliphatic heterocycles. The topological polar surface area (TPSA) is 17.1 Å². The van der Waals surface area contributed by atoms with Gasteiger partial charge in [0, 0.05) is 5.56 Å². The zero-order valence-corrected chi connectivity index (χ0v) is 10.8. The van der Waals surface area contributed by atoms with E-state index >= 15 is 0 Å². The Labute approximate surface area is 114 Å². The monoisotopic (exact) mass is 282 g/mol. The Bertz CT molecular complexity index is 550. The minimum Gasteiger partial charge on any atom is -0.290 e. The summed E-state index contributed by atoms with van der Waals surface area (Å²) in [5, 5.41) is 0. The van der Waals surface area contributed by atoms with E-state index in [-0.39, 0.29) is 5.56 Å². The highest BCUT2D eigenvalue weighted by molar-refractivity contribution is 6.59. The Balaban J connectivity index is 2.36. The van der Waals surface area contributed by atoms with Crippen molar-refractivity contribution in [2.75, 3.05) is 0 Å². The lowest BCUT2D eigenvalue weighted by atomic mass is 10.0. The van der Waals surface area contributed by atoms with Crippen molar-refractivity contribution in [1.82, 2.24) is 0 Å². The molecule has 2 rings (SSSR count). The number of Topliss-reactive ketones (excluding diaryl/α,β-unsaturated/α-hetero) is 1. The lowest BCUT2D eigenvalue weighted by Gasteiger charge is -2.18. The number of alkyl halides is 2. The Kier molecular flexibility index (Phi) is 3.69. The molecule has 0 saturated carbocycles. The van der Waals surface area contributed by atoms with Gasteiger partial charge in [-0.3, -0.25) is 4.79 Å². The fourth-order valence-corrected chi connectivity index (χ4v) is 2.03. The SMILES string of the molecule is O=C(c1ccc(F)cc1)C(Cl)(Cl)c1ccccc1. The van der Waals surface area contributed by atoms with Gasteiger partial charge in [-0.2, -0.15) is 0 Å². The summed E-state index contributed by atoms with van der Waals surface area (Å²) in [6, 6.07) is 13.7. The molecule has 0 aliphatic rings. The molecular formula is C14H9Cl2FO. The van der Waals surface area contributed by atoms with E-state index in [1.54, 1.807) is 30.3 Å². The molecule has 0 aromatic heterocycles. The minimum absolute atomic E-state index is 0.269. The zero-order chi connectivity index (χ0) is 13.2. The van der Waals surface area contributed by atoms with Crippen LogP contribution in [-0.2, 0) is 4.33 Å². The molecule has 0 bridgehead atoms. The predicted octanol–water partition coefficient (Wildman–Crippen LogP) is 4.34. The van der Waals surface area contributed by atoms with E-state index < -0.39 is 15.9 Å². The van der Waals surface area contributed by atoms with Crippen molar-refractivity contribution in [2.24, 2.45) is 0 Å². The maximum absolute atomic E-state index is 12.8. The maximum Gasteiger partial charge on any atom is 0.205 e. The average Bonchev–Trinajstić information content (AvgIpc) is 2.40. The van der Waals surface area contributed by atoms with E-state index in [1.807, 2.05) is 0 Å². The summed E-state index contributed by atoms with van der Waals surface area (Å²) in [5.74, 6) is -0.891. The number of hydrogen-bond acceptors (Lipinski definition) is 1. The first-order valence-electron chi connectivity index (χ1n) is 5.25. The van der Waals surface area contributed by atoms with Crippen LogP contribution in [0.2, 0.25) is 0 Å². The highest BCUT2D eigenvalue weighted by atomic mass is 35.5. The number of hydrogen-bond donors (Lipinski definition) is 0. The summed E-state index contributed by atoms with van der Waals surface area (Å²) in [4.78, 5) is 12.2. The number of carbonyl (C=O) groups excluding carboxylic acids is 1. The Hall–Kier alpha value is -1.38. The van der Waals surface area contributed by atoms with Crippen molar-refractivity contribution < 1.29 is 9.18 Å². The third kappa shape index (κ3) is 2.55. The summed E-state index contributed by atoms with van der Waals surface area (Å²) in [6.45, 7) is 0. The summed E-state index contributed by atoms with van der Waals surface area (Å²) in [7, 11) is 0. The van der Waals surface area contributed by atoms with Crippen LogP contribution in [0, 0.1) is 5.82 Å². The van der Waals surface area contributed by atoms with Gasteiger partial charge in [-0.05, 0) is 29.8 Å². The second-order valence-corrected chi connectivity index (χ2v) is 5.10. The molecule has 0 aliphatic carbocycles. The van der Waals surface area contributed by atoms with Crippen molar-refractivity contribution in [3.63, 3.8) is 0 Å². The van der Waals surface area contributed by atoms with Crippen LogP contribution >= 0.6 is 23.2 Å². The van der Waals surface area contributed by atoms with Gasteiger partial charge in [0.25, 0.3) is 0 Å². The van der Waals surface area contributed by atoms with Crippen molar-refractivity contribution in [3.8, 4) is 0 Å². The first-order valence-corrected chi connectivity index (χ1v) is 6.01. The third-order valence-corrected chi connectivity index (χ3v) is 3.31. The highest BCUT2D eigenvalue weighted by Crippen LogP contribution is 2.37. The van der Waals surface area contributed by atoms with Gasteiger partial charge in [0.15, 0.2) is 0 Å². The number of carbonyl (C=O) groups is 1. The Morgan fingerprint density at radius 1 is 0.944 bits per heavy atom. The van der Waals surface area contributed by atoms with Crippen LogP contribution in [-0.4, -0.2) is 5.78 Å². The second kappa shape index (κ2) is 5.09. The molecule has 0 fully saturated rings. The fourth-order valence-electron chi connectivity index (χ4n) is 1.56. The van der Waals surface area contributed by atoms with Crippen LogP contribution < -0.4 is 0 Å². The third-order valence-electron chi connectivity index (χ3n) is 2.53. The maximum atomic E-state index is 12.8. The highest BCUT2D eigenvalue weighted by Gasteiger charge is 2.36. The molecule has 4 heteroatoms. The largest absolute Gasteiger partial charge is 0.290 e. The molecule has 0 heterocycles. The van der Waals surface area contributed by atoms with E-state index in [0.717, 1.165) is 0 Å². The Morgan fingerprint density at radius 2 is 1.50 bits per heavy atom. The molecule has 2 aromatic carbocycles. The number of ketones is 1. The summed E-state index contributed by atoms with van der Waals surface area (Å²) in [6.07, 6.45) is 0. The summed E-state index contributed by atoms with van der Waals surface area (Å²) in [5.41, 5.74) is 0.757. The smallest absolute Gasteiger partial charge is 0.205 e. The van der Waals surface area contributed by atoms with E-state index in [0.29, 0.717) is 5.56 Å². The van der Waals surface area contributed by atoms with Crippen molar-refractivity contribution in [3.05, 3.63) is 71.5 Å². The first kappa shape index (κ1) is 13.1. The molecular weight excluding hydrogens is 274 g/mol. The second-order valence-electron chi connectivity index (χ2n) is 3.78. The van der Waals surface area contributed by atoms with Crippen molar-refractivity contribution >= 4 is 29.0 Å². The average molecular weight is 283 g/mol. The molecule has 0 atom stereocenters. The summed E-state index contributed by atoms with van der Waals surface area (Å²) >= 11 is 12.2. The van der Waals surface area contributed by atoms with Gasteiger partial charge in [0.05, 0.1) is 0 Å². The number of halogens is 3. The zero-order valence-electron chi connectivity index (χ0n) is 9.24. The Morgan fingerprint density at radius 3 is 2.06 bits per heavy atom. The molecule has 0 unspecified atom stereocenters. The van der Waals surface area contributed by atoms with Crippen LogP contribution in [0.3, 0.4) is 0 Å². The normalized spacial score (nSPS) is 11.3. The van der Waals surface area contributed by atoms with E-state index in [9.17, 15) is 9.18 Å². The van der Waals surface area contributed by atoms with Crippen LogP contribution in [0.5, 0.6) is 0 Å². The van der Waals surface area contributed by atoms with Crippen molar-refractivity contribution in [1.29, 1.82) is 0 Å². The molecule has 0 saturated heterocycles. The molecule has 0 radical (unpaired) electrons. The molecule has 0 spiro atoms. The first-order chi connectivity index (χ1) is 8.51. The van der Waals surface area contributed by atoms with E-state index in [1.165, 1.54) is 24.3 Å². The van der Waals surface area contributed by atoms with Gasteiger partial charge in [-0.1, -0.05) is 53.5 Å². The number of benzene rings is 2. The standard InChI is InChI=1S/C14H9Cl2FO/c15-14(16,11-4-2-1-3-5-11)13(18)10-6-8-12(17)9-7-10/h1-9H. The molecule has 0 amide bonds. The van der Waals surface area contributed by atoms with Gasteiger partial charge in [-0.25, -0.2) is 4.39 Å². The lowest BCUT2D eigenvalue weighted by molar-refractivity contribution is 0.0972. The van der Waals surface area contributed by atoms with E-state index in [4.69, 9.17) is 23.2 Å². The van der Waals surface area contributed by atoms with Gasteiger partial charge in [0.1, 0.15) is 5.82 Å². The van der Waals surface area contributed by atoms with Crippen LogP contribution in [0.15, 0.2) is 54.6 Å². The fraction of sp³-hybridized carbons (Fsp3) is 0.0714. The summed E-state index contributed by atoms with van der Waals surface area (Å²) < 4.78 is 11.1. The van der Waals surface area contributed by atoms with Gasteiger partial charge in [-0.15, -0.1) is 0 Å². The molecule has 2 aromatic rings. The van der Waals surface area contributed by atoms with E-state index in [2.05, 4.69) is 0 Å². The predicted molar refractivity (Wildman–Crippen MR) is 70.6 cm³/mol. The van der Waals surface area contributed by atoms with Crippen LogP contribution in [0.1, 0.15) is 15.9 Å². The van der Waals surface area contributed by atoms with Crippen LogP contribution in [0.25, 0.3) is 0 Å². The minimum atomic E-state index is -1.67.